The number of carbonyl (C=O) groups excluding carboxylic acids is 2. The van der Waals surface area contributed by atoms with Crippen LogP contribution in [0.4, 0.5) is 5.69 Å². The molecule has 5 heteroatoms. The summed E-state index contributed by atoms with van der Waals surface area (Å²) in [7, 11) is 1.60. The summed E-state index contributed by atoms with van der Waals surface area (Å²) >= 11 is 0. The zero-order chi connectivity index (χ0) is 18.1. The number of hydrogen-bond acceptors (Lipinski definition) is 3. The molecule has 2 aromatic rings. The Bertz CT molecular complexity index is 849. The second-order valence-electron chi connectivity index (χ2n) is 6.89. The van der Waals surface area contributed by atoms with Gasteiger partial charge >= 0.3 is 0 Å². The second-order valence-corrected chi connectivity index (χ2v) is 6.89. The lowest BCUT2D eigenvalue weighted by molar-refractivity contribution is -0.136. The number of amides is 2. The summed E-state index contributed by atoms with van der Waals surface area (Å²) in [5, 5.41) is 0. The molecule has 2 aliphatic heterocycles. The van der Waals surface area contributed by atoms with Crippen molar-refractivity contribution in [2.24, 2.45) is 5.92 Å². The Balaban J connectivity index is 1.47. The molecule has 5 nitrogen and oxygen atoms in total. The van der Waals surface area contributed by atoms with Crippen molar-refractivity contribution in [1.29, 1.82) is 0 Å². The van der Waals surface area contributed by atoms with Crippen molar-refractivity contribution >= 4 is 17.5 Å². The van der Waals surface area contributed by atoms with Crippen LogP contribution in [0.3, 0.4) is 0 Å². The number of nitrogens with zero attached hydrogens (tertiary/aromatic N) is 2. The van der Waals surface area contributed by atoms with E-state index in [4.69, 9.17) is 4.74 Å². The van der Waals surface area contributed by atoms with E-state index < -0.39 is 0 Å². The van der Waals surface area contributed by atoms with E-state index in [0.29, 0.717) is 18.8 Å². The Morgan fingerprint density at radius 2 is 1.92 bits per heavy atom. The molecule has 0 N–H and O–H groups in total. The maximum Gasteiger partial charge on any atom is 0.228 e. The SMILES string of the molecule is COc1cccc(N2C[C@H](C(=O)N3CCc4ccccc4C3)CC2=O)c1. The quantitative estimate of drug-likeness (QED) is 0.855. The van der Waals surface area contributed by atoms with Gasteiger partial charge in [0.2, 0.25) is 11.8 Å². The van der Waals surface area contributed by atoms with E-state index in [1.807, 2.05) is 41.3 Å². The van der Waals surface area contributed by atoms with Gasteiger partial charge in [-0.3, -0.25) is 9.59 Å². The summed E-state index contributed by atoms with van der Waals surface area (Å²) in [6.45, 7) is 1.79. The maximum absolute atomic E-state index is 13.0. The molecule has 0 spiro atoms. The fourth-order valence-corrected chi connectivity index (χ4v) is 3.84. The van der Waals surface area contributed by atoms with Crippen molar-refractivity contribution < 1.29 is 14.3 Å². The highest BCUT2D eigenvalue weighted by atomic mass is 16.5. The van der Waals surface area contributed by atoms with Crippen molar-refractivity contribution in [1.82, 2.24) is 4.90 Å². The smallest absolute Gasteiger partial charge is 0.228 e. The molecule has 2 heterocycles. The lowest BCUT2D eigenvalue weighted by Crippen LogP contribution is -2.40. The van der Waals surface area contributed by atoms with Crippen LogP contribution in [-0.2, 0) is 22.6 Å². The zero-order valence-electron chi connectivity index (χ0n) is 14.9. The Labute approximate surface area is 153 Å². The third-order valence-electron chi connectivity index (χ3n) is 5.28. The van der Waals surface area contributed by atoms with Gasteiger partial charge in [-0.1, -0.05) is 30.3 Å². The highest BCUT2D eigenvalue weighted by Gasteiger charge is 2.37. The Morgan fingerprint density at radius 1 is 1.12 bits per heavy atom. The fourth-order valence-electron chi connectivity index (χ4n) is 3.84. The molecule has 1 atom stereocenters. The lowest BCUT2D eigenvalue weighted by Gasteiger charge is -2.30. The van der Waals surface area contributed by atoms with Gasteiger partial charge in [0.1, 0.15) is 5.75 Å². The van der Waals surface area contributed by atoms with Crippen LogP contribution in [0.5, 0.6) is 5.75 Å². The standard InChI is InChI=1S/C21H22N2O3/c1-26-19-8-4-7-18(12-19)23-14-17(11-20(23)24)21(25)22-10-9-15-5-2-3-6-16(15)13-22/h2-8,12,17H,9-11,13-14H2,1H3/t17-/m1/s1. The van der Waals surface area contributed by atoms with Crippen LogP contribution in [0.1, 0.15) is 17.5 Å². The van der Waals surface area contributed by atoms with E-state index in [2.05, 4.69) is 12.1 Å². The summed E-state index contributed by atoms with van der Waals surface area (Å²) < 4.78 is 5.24. The van der Waals surface area contributed by atoms with E-state index in [9.17, 15) is 9.59 Å². The molecule has 2 aromatic carbocycles. The third kappa shape index (κ3) is 3.05. The summed E-state index contributed by atoms with van der Waals surface area (Å²) in [5.74, 6) is 0.504. The van der Waals surface area contributed by atoms with Gasteiger partial charge in [-0.2, -0.15) is 0 Å². The van der Waals surface area contributed by atoms with Crippen LogP contribution in [0, 0.1) is 5.92 Å². The van der Waals surface area contributed by atoms with Crippen LogP contribution < -0.4 is 9.64 Å². The van der Waals surface area contributed by atoms with Gasteiger partial charge in [-0.25, -0.2) is 0 Å². The first-order chi connectivity index (χ1) is 12.7. The number of anilines is 1. The Hall–Kier alpha value is -2.82. The minimum absolute atomic E-state index is 0.00554. The minimum Gasteiger partial charge on any atom is -0.497 e. The van der Waals surface area contributed by atoms with Crippen molar-refractivity contribution in [3.63, 3.8) is 0 Å². The molecule has 2 aliphatic rings. The summed E-state index contributed by atoms with van der Waals surface area (Å²) in [4.78, 5) is 29.1. The number of hydrogen-bond donors (Lipinski definition) is 0. The van der Waals surface area contributed by atoms with E-state index in [1.54, 1.807) is 12.0 Å². The van der Waals surface area contributed by atoms with Gasteiger partial charge in [-0.15, -0.1) is 0 Å². The van der Waals surface area contributed by atoms with E-state index in [-0.39, 0.29) is 24.2 Å². The predicted molar refractivity (Wildman–Crippen MR) is 99.0 cm³/mol. The number of carbonyl (C=O) groups is 2. The minimum atomic E-state index is -0.279. The molecule has 2 amide bonds. The van der Waals surface area contributed by atoms with Crippen molar-refractivity contribution in [2.75, 3.05) is 25.1 Å². The highest BCUT2D eigenvalue weighted by Crippen LogP contribution is 2.30. The van der Waals surface area contributed by atoms with E-state index >= 15 is 0 Å². The molecule has 0 saturated carbocycles. The van der Waals surface area contributed by atoms with Crippen molar-refractivity contribution in [3.05, 3.63) is 59.7 Å². The molecule has 0 aliphatic carbocycles. The van der Waals surface area contributed by atoms with Crippen molar-refractivity contribution in [2.45, 2.75) is 19.4 Å². The lowest BCUT2D eigenvalue weighted by atomic mass is 9.98. The van der Waals surface area contributed by atoms with E-state index in [0.717, 1.165) is 18.7 Å². The number of methoxy groups -OCH3 is 1. The summed E-state index contributed by atoms with van der Waals surface area (Å²) in [6.07, 6.45) is 1.15. The van der Waals surface area contributed by atoms with Gasteiger partial charge in [0.15, 0.2) is 0 Å². The normalized spacial score (nSPS) is 19.4. The Kier molecular flexibility index (Phi) is 4.37. The monoisotopic (exact) mass is 350 g/mol. The first kappa shape index (κ1) is 16.6. The van der Waals surface area contributed by atoms with Gasteiger partial charge in [0, 0.05) is 37.8 Å². The zero-order valence-corrected chi connectivity index (χ0v) is 14.9. The number of fused-ring (bicyclic) bond motifs is 1. The van der Waals surface area contributed by atoms with Crippen LogP contribution in [0.2, 0.25) is 0 Å². The summed E-state index contributed by atoms with van der Waals surface area (Å²) in [5.41, 5.74) is 3.31. The average molecular weight is 350 g/mol. The third-order valence-corrected chi connectivity index (χ3v) is 5.28. The first-order valence-electron chi connectivity index (χ1n) is 8.95. The second kappa shape index (κ2) is 6.83. The number of rotatable bonds is 3. The molecule has 134 valence electrons. The molecular weight excluding hydrogens is 328 g/mol. The average Bonchev–Trinajstić information content (AvgIpc) is 3.08. The van der Waals surface area contributed by atoms with Gasteiger partial charge < -0.3 is 14.5 Å². The highest BCUT2D eigenvalue weighted by molar-refractivity contribution is 6.00. The first-order valence-corrected chi connectivity index (χ1v) is 8.95. The molecule has 0 bridgehead atoms. The summed E-state index contributed by atoms with van der Waals surface area (Å²) in [6, 6.07) is 15.7. The molecule has 0 radical (unpaired) electrons. The fraction of sp³-hybridized carbons (Fsp3) is 0.333. The molecule has 4 rings (SSSR count). The van der Waals surface area contributed by atoms with Crippen LogP contribution in [-0.4, -0.2) is 36.9 Å². The van der Waals surface area contributed by atoms with Crippen LogP contribution in [0.15, 0.2) is 48.5 Å². The number of benzene rings is 2. The van der Waals surface area contributed by atoms with Gasteiger partial charge in [-0.05, 0) is 29.7 Å². The Morgan fingerprint density at radius 3 is 2.73 bits per heavy atom. The molecule has 1 saturated heterocycles. The van der Waals surface area contributed by atoms with Crippen LogP contribution >= 0.6 is 0 Å². The van der Waals surface area contributed by atoms with Crippen LogP contribution in [0.25, 0.3) is 0 Å². The molecule has 1 fully saturated rings. The largest absolute Gasteiger partial charge is 0.497 e. The maximum atomic E-state index is 13.0. The van der Waals surface area contributed by atoms with Crippen molar-refractivity contribution in [3.8, 4) is 5.75 Å². The van der Waals surface area contributed by atoms with E-state index in [1.165, 1.54) is 11.1 Å². The predicted octanol–water partition coefficient (Wildman–Crippen LogP) is 2.63. The molecule has 0 unspecified atom stereocenters. The van der Waals surface area contributed by atoms with Gasteiger partial charge in [0.05, 0.1) is 13.0 Å². The molecule has 26 heavy (non-hydrogen) atoms. The van der Waals surface area contributed by atoms with Gasteiger partial charge in [0.25, 0.3) is 0 Å². The topological polar surface area (TPSA) is 49.9 Å². The molecular formula is C21H22N2O3. The number of ether oxygens (including phenoxy) is 1. The molecule has 0 aromatic heterocycles.